The van der Waals surface area contributed by atoms with Crippen LogP contribution in [0.1, 0.15) is 36.9 Å². The molecule has 2 fully saturated rings. The van der Waals surface area contributed by atoms with E-state index < -0.39 is 0 Å². The van der Waals surface area contributed by atoms with Crippen LogP contribution in [0.4, 0.5) is 0 Å². The van der Waals surface area contributed by atoms with Crippen LogP contribution in [0.15, 0.2) is 18.3 Å². The first-order valence-corrected chi connectivity index (χ1v) is 7.21. The van der Waals surface area contributed by atoms with Crippen LogP contribution in [0.3, 0.4) is 0 Å². The zero-order chi connectivity index (χ0) is 12.4. The molecule has 3 heteroatoms. The molecule has 1 aliphatic carbocycles. The summed E-state index contributed by atoms with van der Waals surface area (Å²) >= 11 is 0. The predicted molar refractivity (Wildman–Crippen MR) is 73.4 cm³/mol. The Bertz CT molecular complexity index is 394. The molecule has 1 atom stereocenters. The van der Waals surface area contributed by atoms with Crippen molar-refractivity contribution in [3.8, 4) is 0 Å². The van der Waals surface area contributed by atoms with E-state index in [1.54, 1.807) is 0 Å². The zero-order valence-corrected chi connectivity index (χ0v) is 11.2. The van der Waals surface area contributed by atoms with E-state index >= 15 is 0 Å². The van der Waals surface area contributed by atoms with Crippen molar-refractivity contribution >= 4 is 0 Å². The van der Waals surface area contributed by atoms with Crippen LogP contribution in [-0.2, 0) is 6.54 Å². The van der Waals surface area contributed by atoms with Gasteiger partial charge in [-0.05, 0) is 50.8 Å². The van der Waals surface area contributed by atoms with Gasteiger partial charge in [-0.3, -0.25) is 9.88 Å². The first-order valence-electron chi connectivity index (χ1n) is 7.21. The molecule has 0 spiro atoms. The van der Waals surface area contributed by atoms with E-state index in [0.29, 0.717) is 6.04 Å². The molecule has 1 aliphatic heterocycles. The van der Waals surface area contributed by atoms with Crippen molar-refractivity contribution in [3.05, 3.63) is 29.6 Å². The Balaban J connectivity index is 1.64. The third-order valence-corrected chi connectivity index (χ3v) is 4.15. The SMILES string of the molecule is Cc1cccnc1CN(CC1CCCN1)C1CC1. The third-order valence-electron chi connectivity index (χ3n) is 4.15. The molecule has 0 amide bonds. The van der Waals surface area contributed by atoms with E-state index in [1.807, 2.05) is 12.3 Å². The van der Waals surface area contributed by atoms with Gasteiger partial charge in [-0.15, -0.1) is 0 Å². The summed E-state index contributed by atoms with van der Waals surface area (Å²) in [6.07, 6.45) is 7.34. The summed E-state index contributed by atoms with van der Waals surface area (Å²) in [7, 11) is 0. The van der Waals surface area contributed by atoms with E-state index in [9.17, 15) is 0 Å². The van der Waals surface area contributed by atoms with Gasteiger partial charge in [0.25, 0.3) is 0 Å². The highest BCUT2D eigenvalue weighted by molar-refractivity contribution is 5.17. The first kappa shape index (κ1) is 12.1. The van der Waals surface area contributed by atoms with Gasteiger partial charge in [0.05, 0.1) is 5.69 Å². The summed E-state index contributed by atoms with van der Waals surface area (Å²) in [5.41, 5.74) is 2.57. The lowest BCUT2D eigenvalue weighted by Crippen LogP contribution is -2.38. The normalized spacial score (nSPS) is 23.8. The Hall–Kier alpha value is -0.930. The molecule has 1 unspecified atom stereocenters. The summed E-state index contributed by atoms with van der Waals surface area (Å²) in [5, 5.41) is 3.61. The van der Waals surface area contributed by atoms with Gasteiger partial charge in [0.2, 0.25) is 0 Å². The average molecular weight is 245 g/mol. The maximum atomic E-state index is 4.54. The zero-order valence-electron chi connectivity index (χ0n) is 11.2. The minimum atomic E-state index is 0.703. The van der Waals surface area contributed by atoms with Gasteiger partial charge in [-0.1, -0.05) is 6.07 Å². The fraction of sp³-hybridized carbons (Fsp3) is 0.667. The van der Waals surface area contributed by atoms with Gasteiger partial charge < -0.3 is 5.32 Å². The molecule has 2 heterocycles. The fourth-order valence-corrected chi connectivity index (χ4v) is 2.85. The van der Waals surface area contributed by atoms with Crippen molar-refractivity contribution in [1.29, 1.82) is 0 Å². The summed E-state index contributed by atoms with van der Waals surface area (Å²) in [6.45, 7) is 5.59. The molecular weight excluding hydrogens is 222 g/mol. The molecule has 98 valence electrons. The van der Waals surface area contributed by atoms with Gasteiger partial charge in [-0.2, -0.15) is 0 Å². The Kier molecular flexibility index (Phi) is 3.62. The summed E-state index contributed by atoms with van der Waals surface area (Å²) in [6, 6.07) is 5.71. The van der Waals surface area contributed by atoms with Gasteiger partial charge >= 0.3 is 0 Å². The number of aryl methyl sites for hydroxylation is 1. The van der Waals surface area contributed by atoms with Crippen LogP contribution in [0.25, 0.3) is 0 Å². The first-order chi connectivity index (χ1) is 8.83. The lowest BCUT2D eigenvalue weighted by atomic mass is 10.1. The van der Waals surface area contributed by atoms with E-state index in [0.717, 1.165) is 12.6 Å². The van der Waals surface area contributed by atoms with Crippen LogP contribution in [0.5, 0.6) is 0 Å². The van der Waals surface area contributed by atoms with Crippen LogP contribution in [0.2, 0.25) is 0 Å². The van der Waals surface area contributed by atoms with E-state index in [1.165, 1.54) is 50.0 Å². The van der Waals surface area contributed by atoms with E-state index in [-0.39, 0.29) is 0 Å². The Morgan fingerprint density at radius 3 is 2.94 bits per heavy atom. The lowest BCUT2D eigenvalue weighted by Gasteiger charge is -2.25. The number of aromatic nitrogens is 1. The molecule has 1 aromatic heterocycles. The minimum Gasteiger partial charge on any atom is -0.313 e. The average Bonchev–Trinajstić information content (AvgIpc) is 3.10. The highest BCUT2D eigenvalue weighted by atomic mass is 15.2. The maximum absolute atomic E-state index is 4.54. The molecular formula is C15H23N3. The Labute approximate surface area is 110 Å². The molecule has 18 heavy (non-hydrogen) atoms. The number of pyridine rings is 1. The van der Waals surface area contributed by atoms with Crippen LogP contribution in [-0.4, -0.2) is 35.1 Å². The standard InChI is InChI=1S/C15H23N3/c1-12-4-2-9-17-15(12)11-18(14-6-7-14)10-13-5-3-8-16-13/h2,4,9,13-14,16H,3,5-8,10-11H2,1H3. The quantitative estimate of drug-likeness (QED) is 0.861. The molecule has 0 aromatic carbocycles. The van der Waals surface area contributed by atoms with Crippen molar-refractivity contribution in [2.24, 2.45) is 0 Å². The molecule has 3 rings (SSSR count). The van der Waals surface area contributed by atoms with Gasteiger partial charge in [-0.25, -0.2) is 0 Å². The van der Waals surface area contributed by atoms with Gasteiger partial charge in [0.1, 0.15) is 0 Å². The Morgan fingerprint density at radius 2 is 2.28 bits per heavy atom. The number of hydrogen-bond donors (Lipinski definition) is 1. The highest BCUT2D eigenvalue weighted by Gasteiger charge is 2.31. The molecule has 0 radical (unpaired) electrons. The summed E-state index contributed by atoms with van der Waals surface area (Å²) < 4.78 is 0. The largest absolute Gasteiger partial charge is 0.313 e. The van der Waals surface area contributed by atoms with Crippen molar-refractivity contribution in [3.63, 3.8) is 0 Å². The topological polar surface area (TPSA) is 28.2 Å². The number of nitrogens with one attached hydrogen (secondary N) is 1. The van der Waals surface area contributed by atoms with Crippen molar-refractivity contribution in [2.75, 3.05) is 13.1 Å². The van der Waals surface area contributed by atoms with Gasteiger partial charge in [0.15, 0.2) is 0 Å². The predicted octanol–water partition coefficient (Wildman–Crippen LogP) is 2.11. The monoisotopic (exact) mass is 245 g/mol. The molecule has 1 saturated carbocycles. The number of nitrogens with zero attached hydrogens (tertiary/aromatic N) is 2. The second kappa shape index (κ2) is 5.37. The van der Waals surface area contributed by atoms with Crippen molar-refractivity contribution in [2.45, 2.75) is 51.2 Å². The van der Waals surface area contributed by atoms with Crippen molar-refractivity contribution < 1.29 is 0 Å². The molecule has 0 bridgehead atoms. The molecule has 1 N–H and O–H groups in total. The van der Waals surface area contributed by atoms with Crippen LogP contribution >= 0.6 is 0 Å². The van der Waals surface area contributed by atoms with Crippen LogP contribution < -0.4 is 5.32 Å². The Morgan fingerprint density at radius 1 is 1.39 bits per heavy atom. The molecule has 1 aromatic rings. The number of rotatable bonds is 5. The highest BCUT2D eigenvalue weighted by Crippen LogP contribution is 2.29. The fourth-order valence-electron chi connectivity index (χ4n) is 2.85. The maximum Gasteiger partial charge on any atom is 0.0573 e. The number of hydrogen-bond acceptors (Lipinski definition) is 3. The summed E-state index contributed by atoms with van der Waals surface area (Å²) in [4.78, 5) is 7.18. The molecule has 1 saturated heterocycles. The van der Waals surface area contributed by atoms with Crippen molar-refractivity contribution in [1.82, 2.24) is 15.2 Å². The second-order valence-electron chi connectivity index (χ2n) is 5.72. The van der Waals surface area contributed by atoms with E-state index in [2.05, 4.69) is 28.2 Å². The molecule has 3 nitrogen and oxygen atoms in total. The smallest absolute Gasteiger partial charge is 0.0573 e. The minimum absolute atomic E-state index is 0.703. The molecule has 2 aliphatic rings. The van der Waals surface area contributed by atoms with Gasteiger partial charge in [0, 0.05) is 31.4 Å². The van der Waals surface area contributed by atoms with Crippen LogP contribution in [0, 0.1) is 6.92 Å². The lowest BCUT2D eigenvalue weighted by molar-refractivity contribution is 0.228. The second-order valence-corrected chi connectivity index (χ2v) is 5.72. The third kappa shape index (κ3) is 2.90. The van der Waals surface area contributed by atoms with E-state index in [4.69, 9.17) is 0 Å². The summed E-state index contributed by atoms with van der Waals surface area (Å²) in [5.74, 6) is 0.